The molecule has 1 unspecified atom stereocenters. The van der Waals surface area contributed by atoms with Crippen LogP contribution < -0.4 is 5.73 Å². The third-order valence-electron chi connectivity index (χ3n) is 3.26. The summed E-state index contributed by atoms with van der Waals surface area (Å²) in [5, 5.41) is 0. The second-order valence-electron chi connectivity index (χ2n) is 5.31. The molecule has 0 bridgehead atoms. The van der Waals surface area contributed by atoms with E-state index in [1.54, 1.807) is 4.90 Å². The molecule has 0 aliphatic rings. The monoisotopic (exact) mass is 263 g/mol. The molecule has 1 aromatic carbocycles. The number of benzene rings is 1. The topological polar surface area (TPSA) is 49.6 Å². The molecule has 1 aromatic rings. The van der Waals surface area contributed by atoms with Crippen LogP contribution in [0, 0.1) is 0 Å². The molecule has 0 spiro atoms. The number of carbonyl (C=O) groups excluding carboxylic acids is 1. The van der Waals surface area contributed by atoms with Crippen molar-refractivity contribution in [3.8, 4) is 0 Å². The molecule has 1 amide bonds. The van der Waals surface area contributed by atoms with Gasteiger partial charge in [-0.25, -0.2) is 0 Å². The first kappa shape index (κ1) is 15.5. The number of hydrogen-bond acceptors (Lipinski definition) is 3. The van der Waals surface area contributed by atoms with Crippen LogP contribution in [-0.2, 0) is 4.79 Å². The van der Waals surface area contributed by atoms with Gasteiger partial charge in [-0.05, 0) is 51.7 Å². The van der Waals surface area contributed by atoms with Gasteiger partial charge in [-0.15, -0.1) is 0 Å². The number of nitrogens with zero attached hydrogens (tertiary/aromatic N) is 2. The minimum absolute atomic E-state index is 0.143. The highest BCUT2D eigenvalue weighted by atomic mass is 16.2. The number of likely N-dealkylation sites (N-methyl/N-ethyl adjacent to an activating group) is 1. The van der Waals surface area contributed by atoms with Crippen molar-refractivity contribution < 1.29 is 4.79 Å². The maximum absolute atomic E-state index is 12.3. The highest BCUT2D eigenvalue weighted by Crippen LogP contribution is 2.19. The Kier molecular flexibility index (Phi) is 5.83. The van der Waals surface area contributed by atoms with Crippen LogP contribution in [0.5, 0.6) is 0 Å². The standard InChI is InChI=1S/C15H25N3O/c1-12(13-7-5-8-14(16)11-13)15(19)18(4)10-6-9-17(2)3/h5,7-8,11-12H,6,9-10,16H2,1-4H3. The summed E-state index contributed by atoms with van der Waals surface area (Å²) in [5.74, 6) is -0.00258. The lowest BCUT2D eigenvalue weighted by atomic mass is 9.99. The lowest BCUT2D eigenvalue weighted by molar-refractivity contribution is -0.131. The number of rotatable bonds is 6. The van der Waals surface area contributed by atoms with Crippen molar-refractivity contribution in [2.24, 2.45) is 0 Å². The molecule has 0 saturated carbocycles. The zero-order valence-electron chi connectivity index (χ0n) is 12.4. The molecule has 0 aromatic heterocycles. The third-order valence-corrected chi connectivity index (χ3v) is 3.26. The number of hydrogen-bond donors (Lipinski definition) is 1. The average Bonchev–Trinajstić information content (AvgIpc) is 2.36. The Morgan fingerprint density at radius 2 is 1.95 bits per heavy atom. The Morgan fingerprint density at radius 3 is 2.53 bits per heavy atom. The van der Waals surface area contributed by atoms with Gasteiger partial charge in [0.25, 0.3) is 0 Å². The predicted octanol–water partition coefficient (Wildman–Crippen LogP) is 1.78. The van der Waals surface area contributed by atoms with Gasteiger partial charge in [-0.1, -0.05) is 12.1 Å². The fraction of sp³-hybridized carbons (Fsp3) is 0.533. The van der Waals surface area contributed by atoms with Crippen molar-refractivity contribution in [3.05, 3.63) is 29.8 Å². The molecule has 0 fully saturated rings. The lowest BCUT2D eigenvalue weighted by Crippen LogP contribution is -2.32. The first-order valence-corrected chi connectivity index (χ1v) is 6.67. The summed E-state index contributed by atoms with van der Waals surface area (Å²) in [5.41, 5.74) is 7.43. The summed E-state index contributed by atoms with van der Waals surface area (Å²) in [4.78, 5) is 16.2. The van der Waals surface area contributed by atoms with Crippen LogP contribution >= 0.6 is 0 Å². The normalized spacial score (nSPS) is 12.5. The molecule has 1 rings (SSSR count). The zero-order valence-corrected chi connectivity index (χ0v) is 12.4. The Hall–Kier alpha value is -1.55. The smallest absolute Gasteiger partial charge is 0.229 e. The largest absolute Gasteiger partial charge is 0.399 e. The molecule has 0 aliphatic heterocycles. The lowest BCUT2D eigenvalue weighted by Gasteiger charge is -2.22. The second-order valence-corrected chi connectivity index (χ2v) is 5.31. The molecule has 0 aliphatic carbocycles. The summed E-state index contributed by atoms with van der Waals surface area (Å²) in [6, 6.07) is 7.55. The van der Waals surface area contributed by atoms with E-state index in [-0.39, 0.29) is 11.8 Å². The first-order valence-electron chi connectivity index (χ1n) is 6.67. The highest BCUT2D eigenvalue weighted by molar-refractivity contribution is 5.83. The van der Waals surface area contributed by atoms with E-state index in [1.165, 1.54) is 0 Å². The molecule has 0 heterocycles. The summed E-state index contributed by atoms with van der Waals surface area (Å²) >= 11 is 0. The molecule has 4 heteroatoms. The predicted molar refractivity (Wildman–Crippen MR) is 80.1 cm³/mol. The van der Waals surface area contributed by atoms with Crippen molar-refractivity contribution in [1.29, 1.82) is 0 Å². The summed E-state index contributed by atoms with van der Waals surface area (Å²) in [6.45, 7) is 3.70. The van der Waals surface area contributed by atoms with Crippen molar-refractivity contribution in [2.75, 3.05) is 40.0 Å². The van der Waals surface area contributed by atoms with Crippen LogP contribution in [0.2, 0.25) is 0 Å². The SMILES string of the molecule is CC(C(=O)N(C)CCCN(C)C)c1cccc(N)c1. The minimum atomic E-state index is -0.146. The van der Waals surface area contributed by atoms with Gasteiger partial charge in [0.05, 0.1) is 5.92 Å². The van der Waals surface area contributed by atoms with E-state index in [2.05, 4.69) is 4.90 Å². The molecule has 106 valence electrons. The molecular formula is C15H25N3O. The van der Waals surface area contributed by atoms with Crippen LogP contribution in [0.25, 0.3) is 0 Å². The third kappa shape index (κ3) is 4.91. The van der Waals surface area contributed by atoms with E-state index in [1.807, 2.05) is 52.3 Å². The number of anilines is 1. The van der Waals surface area contributed by atoms with E-state index in [4.69, 9.17) is 5.73 Å². The maximum Gasteiger partial charge on any atom is 0.229 e. The van der Waals surface area contributed by atoms with E-state index >= 15 is 0 Å². The van der Waals surface area contributed by atoms with E-state index < -0.39 is 0 Å². The van der Waals surface area contributed by atoms with Crippen molar-refractivity contribution in [3.63, 3.8) is 0 Å². The van der Waals surface area contributed by atoms with Crippen LogP contribution in [0.1, 0.15) is 24.8 Å². The average molecular weight is 263 g/mol. The molecule has 2 N–H and O–H groups in total. The Bertz CT molecular complexity index is 418. The van der Waals surface area contributed by atoms with Gasteiger partial charge in [0.2, 0.25) is 5.91 Å². The first-order chi connectivity index (χ1) is 8.91. The van der Waals surface area contributed by atoms with Gasteiger partial charge >= 0.3 is 0 Å². The van der Waals surface area contributed by atoms with Crippen molar-refractivity contribution >= 4 is 11.6 Å². The Morgan fingerprint density at radius 1 is 1.26 bits per heavy atom. The number of amides is 1. The maximum atomic E-state index is 12.3. The van der Waals surface area contributed by atoms with Crippen LogP contribution in [-0.4, -0.2) is 49.9 Å². The second kappa shape index (κ2) is 7.14. The van der Waals surface area contributed by atoms with Crippen molar-refractivity contribution in [1.82, 2.24) is 9.80 Å². The van der Waals surface area contributed by atoms with Gasteiger partial charge in [0.1, 0.15) is 0 Å². The fourth-order valence-electron chi connectivity index (χ4n) is 2.04. The molecule has 0 radical (unpaired) electrons. The van der Waals surface area contributed by atoms with E-state index in [0.29, 0.717) is 5.69 Å². The quantitative estimate of drug-likeness (QED) is 0.796. The minimum Gasteiger partial charge on any atom is -0.399 e. The molecule has 1 atom stereocenters. The van der Waals surface area contributed by atoms with Gasteiger partial charge in [-0.3, -0.25) is 4.79 Å². The van der Waals surface area contributed by atoms with Gasteiger partial charge in [-0.2, -0.15) is 0 Å². The Balaban J connectivity index is 2.56. The summed E-state index contributed by atoms with van der Waals surface area (Å²) in [6.07, 6.45) is 0.985. The highest BCUT2D eigenvalue weighted by Gasteiger charge is 2.19. The fourth-order valence-corrected chi connectivity index (χ4v) is 2.04. The van der Waals surface area contributed by atoms with Crippen LogP contribution in [0.4, 0.5) is 5.69 Å². The summed E-state index contributed by atoms with van der Waals surface area (Å²) < 4.78 is 0. The number of nitrogen functional groups attached to an aromatic ring is 1. The number of carbonyl (C=O) groups is 1. The van der Waals surface area contributed by atoms with E-state index in [9.17, 15) is 4.79 Å². The van der Waals surface area contributed by atoms with Crippen LogP contribution in [0.3, 0.4) is 0 Å². The van der Waals surface area contributed by atoms with Gasteiger partial charge in [0.15, 0.2) is 0 Å². The Labute approximate surface area is 116 Å². The molecule has 4 nitrogen and oxygen atoms in total. The van der Waals surface area contributed by atoms with Gasteiger partial charge in [0, 0.05) is 19.3 Å². The van der Waals surface area contributed by atoms with Crippen molar-refractivity contribution in [2.45, 2.75) is 19.3 Å². The van der Waals surface area contributed by atoms with Gasteiger partial charge < -0.3 is 15.5 Å². The van der Waals surface area contributed by atoms with Crippen LogP contribution in [0.15, 0.2) is 24.3 Å². The molecule has 0 saturated heterocycles. The zero-order chi connectivity index (χ0) is 14.4. The molecule has 19 heavy (non-hydrogen) atoms. The van der Waals surface area contributed by atoms with E-state index in [0.717, 1.165) is 25.1 Å². The number of nitrogens with two attached hydrogens (primary N) is 1. The summed E-state index contributed by atoms with van der Waals surface area (Å²) in [7, 11) is 5.94. The molecular weight excluding hydrogens is 238 g/mol.